The van der Waals surface area contributed by atoms with Crippen LogP contribution in [-0.4, -0.2) is 82.8 Å². The van der Waals surface area contributed by atoms with Gasteiger partial charge in [-0.3, -0.25) is 19.3 Å². The number of rotatable bonds is 4. The van der Waals surface area contributed by atoms with E-state index in [1.165, 1.54) is 4.90 Å². The van der Waals surface area contributed by atoms with Crippen molar-refractivity contribution in [3.05, 3.63) is 34.9 Å². The van der Waals surface area contributed by atoms with E-state index in [4.69, 9.17) is 4.84 Å². The molecule has 3 saturated heterocycles. The maximum absolute atomic E-state index is 13.0. The molecule has 31 heavy (non-hydrogen) atoms. The lowest BCUT2D eigenvalue weighted by molar-refractivity contribution is -0.174. The van der Waals surface area contributed by atoms with Crippen molar-refractivity contribution >= 4 is 23.8 Å². The van der Waals surface area contributed by atoms with Gasteiger partial charge in [-0.15, -0.1) is 5.06 Å². The topological polar surface area (TPSA) is 90.5 Å². The van der Waals surface area contributed by atoms with Crippen LogP contribution in [0.25, 0.3) is 0 Å². The molecule has 0 saturated carbocycles. The third-order valence-electron chi connectivity index (χ3n) is 6.08. The first kappa shape index (κ1) is 21.3. The monoisotopic (exact) mass is 428 g/mol. The van der Waals surface area contributed by atoms with Gasteiger partial charge in [0.05, 0.1) is 0 Å². The van der Waals surface area contributed by atoms with Crippen LogP contribution >= 0.6 is 0 Å². The first-order valence-electron chi connectivity index (χ1n) is 10.9. The molecule has 0 atom stereocenters. The van der Waals surface area contributed by atoms with Crippen molar-refractivity contribution in [1.82, 2.24) is 19.8 Å². The van der Waals surface area contributed by atoms with Gasteiger partial charge in [-0.1, -0.05) is 17.7 Å². The highest BCUT2D eigenvalue weighted by Gasteiger charge is 2.35. The van der Waals surface area contributed by atoms with E-state index < -0.39 is 17.9 Å². The Hall–Kier alpha value is -2.94. The van der Waals surface area contributed by atoms with Crippen molar-refractivity contribution in [2.75, 3.05) is 39.3 Å². The summed E-state index contributed by atoms with van der Waals surface area (Å²) in [6, 6.07) is 5.96. The Balaban J connectivity index is 1.35. The number of imide groups is 1. The summed E-state index contributed by atoms with van der Waals surface area (Å²) in [5.41, 5.74) is 2.86. The molecule has 3 aliphatic heterocycles. The van der Waals surface area contributed by atoms with Crippen LogP contribution in [0.2, 0.25) is 0 Å². The van der Waals surface area contributed by atoms with E-state index in [0.717, 1.165) is 42.6 Å². The van der Waals surface area contributed by atoms with Crippen molar-refractivity contribution in [3.8, 4) is 0 Å². The Labute approximate surface area is 181 Å². The van der Waals surface area contributed by atoms with Crippen LogP contribution in [-0.2, 0) is 21.0 Å². The number of hydrogen-bond acceptors (Lipinski definition) is 6. The molecule has 9 heteroatoms. The molecular formula is C22H28N4O5. The minimum Gasteiger partial charge on any atom is -0.339 e. The van der Waals surface area contributed by atoms with Crippen LogP contribution in [0.5, 0.6) is 0 Å². The summed E-state index contributed by atoms with van der Waals surface area (Å²) in [6.07, 6.45) is 1.59. The molecule has 0 aromatic heterocycles. The summed E-state index contributed by atoms with van der Waals surface area (Å²) in [7, 11) is 0. The van der Waals surface area contributed by atoms with Gasteiger partial charge in [0.1, 0.15) is 0 Å². The minimum atomic E-state index is -0.677. The van der Waals surface area contributed by atoms with Crippen molar-refractivity contribution in [2.45, 2.75) is 39.2 Å². The quantitative estimate of drug-likeness (QED) is 0.676. The van der Waals surface area contributed by atoms with E-state index in [0.29, 0.717) is 37.8 Å². The van der Waals surface area contributed by atoms with E-state index in [-0.39, 0.29) is 18.7 Å². The molecule has 0 bridgehead atoms. The van der Waals surface area contributed by atoms with Gasteiger partial charge in [-0.2, -0.15) is 0 Å². The highest BCUT2D eigenvalue weighted by molar-refractivity contribution is 6.01. The highest BCUT2D eigenvalue weighted by Crippen LogP contribution is 2.20. The maximum Gasteiger partial charge on any atom is 0.434 e. The van der Waals surface area contributed by atoms with Crippen molar-refractivity contribution in [3.63, 3.8) is 0 Å². The number of amides is 4. The van der Waals surface area contributed by atoms with Gasteiger partial charge in [-0.05, 0) is 31.4 Å². The molecule has 166 valence electrons. The number of benzene rings is 1. The number of carbonyl (C=O) groups is 4. The van der Waals surface area contributed by atoms with Crippen LogP contribution in [0, 0.1) is 6.92 Å². The van der Waals surface area contributed by atoms with Crippen molar-refractivity contribution in [2.24, 2.45) is 0 Å². The van der Waals surface area contributed by atoms with Gasteiger partial charge in [0, 0.05) is 64.2 Å². The normalized spacial score (nSPS) is 20.0. The average molecular weight is 428 g/mol. The molecule has 1 aromatic carbocycles. The van der Waals surface area contributed by atoms with Crippen LogP contribution in [0.15, 0.2) is 18.2 Å². The number of piperazine rings is 1. The summed E-state index contributed by atoms with van der Waals surface area (Å²) in [4.78, 5) is 59.2. The fraction of sp³-hybridized carbons (Fsp3) is 0.545. The fourth-order valence-electron chi connectivity index (χ4n) is 4.28. The zero-order valence-electron chi connectivity index (χ0n) is 17.8. The Morgan fingerprint density at radius 1 is 0.903 bits per heavy atom. The van der Waals surface area contributed by atoms with Gasteiger partial charge in [0.2, 0.25) is 0 Å². The molecule has 3 fully saturated rings. The molecule has 0 unspecified atom stereocenters. The predicted octanol–water partition coefficient (Wildman–Crippen LogP) is 1.55. The Morgan fingerprint density at radius 2 is 1.55 bits per heavy atom. The van der Waals surface area contributed by atoms with Gasteiger partial charge >= 0.3 is 6.09 Å². The summed E-state index contributed by atoms with van der Waals surface area (Å²) in [5, 5.41) is 0.581. The molecule has 3 heterocycles. The predicted molar refractivity (Wildman–Crippen MR) is 111 cm³/mol. The molecule has 4 amide bonds. The number of carbonyl (C=O) groups excluding carboxylic acids is 4. The minimum absolute atomic E-state index is 0.0782. The van der Waals surface area contributed by atoms with Crippen LogP contribution in [0.3, 0.4) is 0 Å². The third-order valence-corrected chi connectivity index (χ3v) is 6.08. The largest absolute Gasteiger partial charge is 0.434 e. The van der Waals surface area contributed by atoms with Gasteiger partial charge in [0.15, 0.2) is 0 Å². The Bertz CT molecular complexity index is 872. The van der Waals surface area contributed by atoms with E-state index in [1.807, 2.05) is 24.0 Å². The number of aryl methyl sites for hydroxylation is 1. The summed E-state index contributed by atoms with van der Waals surface area (Å²) in [6.45, 7) is 6.35. The Kier molecular flexibility index (Phi) is 6.22. The van der Waals surface area contributed by atoms with Crippen LogP contribution < -0.4 is 0 Å². The highest BCUT2D eigenvalue weighted by atomic mass is 16.7. The number of hydrogen-bond donors (Lipinski definition) is 0. The molecule has 0 N–H and O–H groups in total. The summed E-state index contributed by atoms with van der Waals surface area (Å²) >= 11 is 0. The first-order valence-corrected chi connectivity index (χ1v) is 10.9. The van der Waals surface area contributed by atoms with Crippen molar-refractivity contribution in [1.29, 1.82) is 0 Å². The van der Waals surface area contributed by atoms with Gasteiger partial charge in [-0.25, -0.2) is 4.79 Å². The zero-order chi connectivity index (χ0) is 22.0. The van der Waals surface area contributed by atoms with Crippen LogP contribution in [0.1, 0.15) is 47.2 Å². The standard InChI is InChI=1S/C22H28N4O5/c1-16-4-5-18(21(29)24-8-2-3-9-24)17(14-16)15-23-10-12-25(13-11-23)22(30)31-26-19(27)6-7-20(26)28/h4-5,14H,2-3,6-13,15H2,1H3. The second kappa shape index (κ2) is 9.05. The molecule has 9 nitrogen and oxygen atoms in total. The lowest BCUT2D eigenvalue weighted by Gasteiger charge is -2.34. The zero-order valence-corrected chi connectivity index (χ0v) is 17.8. The molecule has 3 aliphatic rings. The lowest BCUT2D eigenvalue weighted by atomic mass is 10.0. The Morgan fingerprint density at radius 3 is 2.19 bits per heavy atom. The van der Waals surface area contributed by atoms with E-state index in [2.05, 4.69) is 11.0 Å². The summed E-state index contributed by atoms with van der Waals surface area (Å²) in [5.74, 6) is -0.868. The number of likely N-dealkylation sites (tertiary alicyclic amines) is 1. The smallest absolute Gasteiger partial charge is 0.339 e. The molecule has 0 radical (unpaired) electrons. The first-order chi connectivity index (χ1) is 14.9. The second-order valence-corrected chi connectivity index (χ2v) is 8.36. The lowest BCUT2D eigenvalue weighted by Crippen LogP contribution is -2.50. The maximum atomic E-state index is 13.0. The van der Waals surface area contributed by atoms with Crippen LogP contribution in [0.4, 0.5) is 4.79 Å². The SMILES string of the molecule is Cc1ccc(C(=O)N2CCCC2)c(CN2CCN(C(=O)ON3C(=O)CCC3=O)CC2)c1. The fourth-order valence-corrected chi connectivity index (χ4v) is 4.28. The molecule has 4 rings (SSSR count). The van der Waals surface area contributed by atoms with E-state index in [9.17, 15) is 19.2 Å². The number of nitrogens with zero attached hydrogens (tertiary/aromatic N) is 4. The van der Waals surface area contributed by atoms with E-state index >= 15 is 0 Å². The molecular weight excluding hydrogens is 400 g/mol. The molecule has 0 spiro atoms. The average Bonchev–Trinajstić information content (AvgIpc) is 3.40. The second-order valence-electron chi connectivity index (χ2n) is 8.36. The summed E-state index contributed by atoms with van der Waals surface area (Å²) < 4.78 is 0. The number of hydroxylamine groups is 2. The van der Waals surface area contributed by atoms with Crippen molar-refractivity contribution < 1.29 is 24.0 Å². The third kappa shape index (κ3) is 4.71. The van der Waals surface area contributed by atoms with Gasteiger partial charge in [0.25, 0.3) is 17.7 Å². The van der Waals surface area contributed by atoms with Gasteiger partial charge < -0.3 is 14.6 Å². The van der Waals surface area contributed by atoms with E-state index in [1.54, 1.807) is 0 Å². The molecule has 1 aromatic rings. The molecule has 0 aliphatic carbocycles.